The third-order valence-corrected chi connectivity index (χ3v) is 5.20. The van der Waals surface area contributed by atoms with Crippen molar-refractivity contribution in [1.29, 1.82) is 0 Å². The molecule has 0 aliphatic rings. The van der Waals surface area contributed by atoms with Crippen molar-refractivity contribution in [2.24, 2.45) is 5.10 Å². The fourth-order valence-electron chi connectivity index (χ4n) is 3.24. The van der Waals surface area contributed by atoms with Gasteiger partial charge in [-0.1, -0.05) is 42.8 Å². The predicted octanol–water partition coefficient (Wildman–Crippen LogP) is 4.41. The highest BCUT2D eigenvalue weighted by molar-refractivity contribution is 6.39. The third-order valence-electron chi connectivity index (χ3n) is 4.97. The topological polar surface area (TPSA) is 118 Å². The van der Waals surface area contributed by atoms with Crippen LogP contribution in [-0.4, -0.2) is 37.1 Å². The zero-order valence-corrected chi connectivity index (χ0v) is 21.2. The van der Waals surface area contributed by atoms with E-state index < -0.39 is 11.8 Å². The van der Waals surface area contributed by atoms with Crippen molar-refractivity contribution in [3.8, 4) is 11.5 Å². The summed E-state index contributed by atoms with van der Waals surface area (Å²) in [6, 6.07) is 19.0. The van der Waals surface area contributed by atoms with Gasteiger partial charge >= 0.3 is 11.8 Å². The maximum Gasteiger partial charge on any atom is 0.329 e. The van der Waals surface area contributed by atoms with Gasteiger partial charge in [0.05, 0.1) is 12.8 Å². The molecule has 37 heavy (non-hydrogen) atoms. The van der Waals surface area contributed by atoms with Gasteiger partial charge in [-0.15, -0.1) is 0 Å². The number of benzene rings is 3. The number of aryl methyl sites for hydroxylation is 1. The lowest BCUT2D eigenvalue weighted by Crippen LogP contribution is -2.32. The first-order valence-electron chi connectivity index (χ1n) is 11.6. The first-order valence-corrected chi connectivity index (χ1v) is 11.9. The fourth-order valence-corrected chi connectivity index (χ4v) is 3.44. The molecule has 10 heteroatoms. The van der Waals surface area contributed by atoms with Crippen molar-refractivity contribution in [3.05, 3.63) is 82.9 Å². The van der Waals surface area contributed by atoms with Crippen molar-refractivity contribution in [3.63, 3.8) is 0 Å². The molecule has 0 saturated heterocycles. The van der Waals surface area contributed by atoms with Crippen LogP contribution in [0.1, 0.15) is 25.0 Å². The summed E-state index contributed by atoms with van der Waals surface area (Å²) in [7, 11) is 0. The van der Waals surface area contributed by atoms with E-state index in [1.54, 1.807) is 54.6 Å². The Bertz CT molecular complexity index is 1300. The second kappa shape index (κ2) is 13.6. The molecular weight excluding hydrogens is 496 g/mol. The first kappa shape index (κ1) is 27.2. The lowest BCUT2D eigenvalue weighted by atomic mass is 10.1. The molecule has 3 N–H and O–H groups in total. The van der Waals surface area contributed by atoms with Crippen LogP contribution in [0.4, 0.5) is 11.4 Å². The van der Waals surface area contributed by atoms with Crippen LogP contribution < -0.4 is 25.5 Å². The molecule has 0 radical (unpaired) electrons. The van der Waals surface area contributed by atoms with Gasteiger partial charge in [0.15, 0.2) is 18.1 Å². The fraction of sp³-hybridized carbons (Fsp3) is 0.185. The Hall–Kier alpha value is -4.37. The molecule has 0 spiro atoms. The summed E-state index contributed by atoms with van der Waals surface area (Å²) in [5.41, 5.74) is 4.84. The number of carbonyl (C=O) groups excluding carboxylic acids is 3. The summed E-state index contributed by atoms with van der Waals surface area (Å²) < 4.78 is 11.2. The van der Waals surface area contributed by atoms with E-state index in [0.717, 1.165) is 5.56 Å². The Balaban J connectivity index is 1.56. The summed E-state index contributed by atoms with van der Waals surface area (Å²) in [6.07, 6.45) is 2.08. The van der Waals surface area contributed by atoms with E-state index in [9.17, 15) is 14.4 Å². The second-order valence-corrected chi connectivity index (χ2v) is 8.09. The lowest BCUT2D eigenvalue weighted by molar-refractivity contribution is -0.136. The molecule has 192 valence electrons. The van der Waals surface area contributed by atoms with Crippen molar-refractivity contribution in [1.82, 2.24) is 5.43 Å². The third kappa shape index (κ3) is 8.36. The van der Waals surface area contributed by atoms with Crippen LogP contribution in [0.5, 0.6) is 11.5 Å². The summed E-state index contributed by atoms with van der Waals surface area (Å²) in [6.45, 7) is 3.89. The zero-order valence-electron chi connectivity index (χ0n) is 20.4. The molecule has 3 aromatic carbocycles. The first-order chi connectivity index (χ1) is 17.9. The minimum absolute atomic E-state index is 0.244. The van der Waals surface area contributed by atoms with E-state index in [-0.39, 0.29) is 12.5 Å². The van der Waals surface area contributed by atoms with E-state index in [1.165, 1.54) is 6.21 Å². The number of hydrazone groups is 1. The van der Waals surface area contributed by atoms with Crippen LogP contribution in [-0.2, 0) is 20.8 Å². The molecule has 3 amide bonds. The van der Waals surface area contributed by atoms with Gasteiger partial charge in [-0.2, -0.15) is 5.10 Å². The Morgan fingerprint density at radius 3 is 2.46 bits per heavy atom. The van der Waals surface area contributed by atoms with E-state index >= 15 is 0 Å². The molecule has 0 fully saturated rings. The van der Waals surface area contributed by atoms with E-state index in [1.807, 2.05) is 26.0 Å². The van der Waals surface area contributed by atoms with E-state index in [0.29, 0.717) is 46.5 Å². The lowest BCUT2D eigenvalue weighted by Gasteiger charge is -2.12. The van der Waals surface area contributed by atoms with Gasteiger partial charge in [0.1, 0.15) is 0 Å². The molecule has 3 aromatic rings. The largest absolute Gasteiger partial charge is 0.490 e. The van der Waals surface area contributed by atoms with Crippen LogP contribution in [0.15, 0.2) is 71.8 Å². The maximum absolute atomic E-state index is 12.2. The number of hydrogen-bond donors (Lipinski definition) is 3. The molecule has 0 aliphatic carbocycles. The van der Waals surface area contributed by atoms with E-state index in [4.69, 9.17) is 21.1 Å². The van der Waals surface area contributed by atoms with Gasteiger partial charge in [-0.3, -0.25) is 14.4 Å². The SMILES string of the molecule is CCOc1cc(/C=N\NC(=O)C(=O)Nc2ccccc2CC)ccc1OCC(=O)Nc1cccc(Cl)c1. The summed E-state index contributed by atoms with van der Waals surface area (Å²) in [4.78, 5) is 36.6. The molecule has 0 saturated carbocycles. The molecule has 0 unspecified atom stereocenters. The van der Waals surface area contributed by atoms with Crippen molar-refractivity contribution >= 4 is 46.9 Å². The number of carbonyl (C=O) groups is 3. The molecule has 0 aliphatic heterocycles. The van der Waals surface area contributed by atoms with Gasteiger partial charge in [-0.05, 0) is 66.9 Å². The molecule has 9 nitrogen and oxygen atoms in total. The summed E-state index contributed by atoms with van der Waals surface area (Å²) in [5, 5.41) is 9.64. The number of rotatable bonds is 10. The maximum atomic E-state index is 12.2. The number of para-hydroxylation sites is 1. The highest BCUT2D eigenvalue weighted by atomic mass is 35.5. The number of amides is 3. The number of halogens is 1. The Labute approximate surface area is 219 Å². The number of nitrogens with one attached hydrogen (secondary N) is 3. The van der Waals surface area contributed by atoms with E-state index in [2.05, 4.69) is 21.2 Å². The Kier molecular flexibility index (Phi) is 10.0. The smallest absolute Gasteiger partial charge is 0.329 e. The molecule has 0 bridgehead atoms. The molecule has 0 atom stereocenters. The Morgan fingerprint density at radius 2 is 1.70 bits per heavy atom. The zero-order chi connectivity index (χ0) is 26.6. The predicted molar refractivity (Wildman–Crippen MR) is 143 cm³/mol. The standard InChI is InChI=1S/C27H27ClN4O5/c1-3-19-8-5-6-11-22(19)31-26(34)27(35)32-29-16-18-12-13-23(24(14-18)36-4-2)37-17-25(33)30-21-10-7-9-20(28)15-21/h5-16H,3-4,17H2,1-2H3,(H,30,33)(H,31,34)(H,32,35)/b29-16-. The van der Waals surface area contributed by atoms with Crippen LogP contribution in [0.3, 0.4) is 0 Å². The number of ether oxygens (including phenoxy) is 2. The Morgan fingerprint density at radius 1 is 0.892 bits per heavy atom. The summed E-state index contributed by atoms with van der Waals surface area (Å²) >= 11 is 5.93. The van der Waals surface area contributed by atoms with Gasteiger partial charge in [0.2, 0.25) is 0 Å². The molecular formula is C27H27ClN4O5. The normalized spacial score (nSPS) is 10.6. The average molecular weight is 523 g/mol. The van der Waals surface area contributed by atoms with Crippen molar-refractivity contribution in [2.75, 3.05) is 23.8 Å². The van der Waals surface area contributed by atoms with Gasteiger partial charge in [0, 0.05) is 16.4 Å². The van der Waals surface area contributed by atoms with Crippen molar-refractivity contribution < 1.29 is 23.9 Å². The average Bonchev–Trinajstić information content (AvgIpc) is 2.88. The van der Waals surface area contributed by atoms with Gasteiger partial charge in [-0.25, -0.2) is 5.43 Å². The molecule has 0 aromatic heterocycles. The number of hydrogen-bond acceptors (Lipinski definition) is 6. The molecule has 0 heterocycles. The summed E-state index contributed by atoms with van der Waals surface area (Å²) in [5.74, 6) is -1.34. The monoisotopic (exact) mass is 522 g/mol. The minimum Gasteiger partial charge on any atom is -0.490 e. The van der Waals surface area contributed by atoms with Crippen LogP contribution in [0.2, 0.25) is 5.02 Å². The second-order valence-electron chi connectivity index (χ2n) is 7.65. The quantitative estimate of drug-likeness (QED) is 0.207. The van der Waals surface area contributed by atoms with Crippen LogP contribution in [0, 0.1) is 0 Å². The number of anilines is 2. The highest BCUT2D eigenvalue weighted by Crippen LogP contribution is 2.28. The highest BCUT2D eigenvalue weighted by Gasteiger charge is 2.14. The van der Waals surface area contributed by atoms with Crippen molar-refractivity contribution in [2.45, 2.75) is 20.3 Å². The van der Waals surface area contributed by atoms with Gasteiger partial charge < -0.3 is 20.1 Å². The van der Waals surface area contributed by atoms with Crippen LogP contribution >= 0.6 is 11.6 Å². The van der Waals surface area contributed by atoms with Gasteiger partial charge in [0.25, 0.3) is 5.91 Å². The number of nitrogens with zero attached hydrogens (tertiary/aromatic N) is 1. The minimum atomic E-state index is -0.905. The molecule has 3 rings (SSSR count). The van der Waals surface area contributed by atoms with Crippen LogP contribution in [0.25, 0.3) is 0 Å².